The van der Waals surface area contributed by atoms with Gasteiger partial charge in [0.25, 0.3) is 0 Å². The van der Waals surface area contributed by atoms with Gasteiger partial charge in [0.2, 0.25) is 0 Å². The zero-order chi connectivity index (χ0) is 18.3. The Balaban J connectivity index is 1.74. The Bertz CT molecular complexity index is 931. The first-order valence-corrected chi connectivity index (χ1v) is 9.59. The van der Waals surface area contributed by atoms with Gasteiger partial charge in [0.05, 0.1) is 23.2 Å². The largest absolute Gasteiger partial charge is 0.497 e. The molecule has 2 aromatic rings. The van der Waals surface area contributed by atoms with E-state index in [-0.39, 0.29) is 6.04 Å². The van der Waals surface area contributed by atoms with Crippen LogP contribution in [-0.4, -0.2) is 17.2 Å². The summed E-state index contributed by atoms with van der Waals surface area (Å²) in [5.41, 5.74) is 2.81. The van der Waals surface area contributed by atoms with Crippen molar-refractivity contribution in [2.75, 3.05) is 7.11 Å². The van der Waals surface area contributed by atoms with Crippen molar-refractivity contribution in [3.8, 4) is 5.75 Å². The minimum absolute atomic E-state index is 0.0559. The van der Waals surface area contributed by atoms with E-state index in [4.69, 9.17) is 27.9 Å². The third-order valence-electron chi connectivity index (χ3n) is 4.21. The van der Waals surface area contributed by atoms with Crippen molar-refractivity contribution in [1.29, 1.82) is 0 Å². The number of amidine groups is 1. The van der Waals surface area contributed by atoms with E-state index < -0.39 is 0 Å². The van der Waals surface area contributed by atoms with Gasteiger partial charge in [-0.05, 0) is 48.5 Å². The van der Waals surface area contributed by atoms with Crippen molar-refractivity contribution >= 4 is 45.0 Å². The quantitative estimate of drug-likeness (QED) is 0.614. The number of thioether (sulfide) groups is 1. The normalized spacial score (nSPS) is 18.8. The molecule has 1 radical (unpaired) electrons. The molecule has 0 saturated carbocycles. The van der Waals surface area contributed by atoms with Crippen LogP contribution in [0.25, 0.3) is 4.91 Å². The van der Waals surface area contributed by atoms with Crippen LogP contribution in [0.2, 0.25) is 10.0 Å². The summed E-state index contributed by atoms with van der Waals surface area (Å²) in [6.45, 7) is 1.96. The van der Waals surface area contributed by atoms with Gasteiger partial charge in [0, 0.05) is 28.4 Å². The number of rotatable bonds is 3. The summed E-state index contributed by atoms with van der Waals surface area (Å²) in [6, 6.07) is 13.5. The van der Waals surface area contributed by atoms with Crippen LogP contribution >= 0.6 is 35.0 Å². The first-order valence-electron chi connectivity index (χ1n) is 8.02. The molecule has 0 fully saturated rings. The number of fused-ring (bicyclic) bond motifs is 1. The standard InChI is InChI=1S/C20H15Cl2N2OS/c1-12-10-17(13-6-8-14(25-2)9-7-13)24-11-18(26-20(24)23-12)19-15(21)4-3-5-16(19)22/h3-9,11,17H,1-2H3. The summed E-state index contributed by atoms with van der Waals surface area (Å²) in [5, 5.41) is 2.16. The molecule has 0 saturated heterocycles. The Kier molecular flexibility index (Phi) is 4.74. The minimum Gasteiger partial charge on any atom is -0.497 e. The van der Waals surface area contributed by atoms with Crippen LogP contribution in [0.1, 0.15) is 24.1 Å². The molecule has 131 valence electrons. The van der Waals surface area contributed by atoms with Gasteiger partial charge in [-0.15, -0.1) is 0 Å². The van der Waals surface area contributed by atoms with Crippen LogP contribution in [0, 0.1) is 6.08 Å². The second kappa shape index (κ2) is 7.03. The highest BCUT2D eigenvalue weighted by Crippen LogP contribution is 2.46. The van der Waals surface area contributed by atoms with Gasteiger partial charge in [-0.25, -0.2) is 4.99 Å². The molecule has 1 atom stereocenters. The summed E-state index contributed by atoms with van der Waals surface area (Å²) in [6.07, 6.45) is 5.48. The molecule has 4 rings (SSSR count). The number of hydrogen-bond acceptors (Lipinski definition) is 4. The molecule has 6 heteroatoms. The highest BCUT2D eigenvalue weighted by molar-refractivity contribution is 8.22. The van der Waals surface area contributed by atoms with Crippen LogP contribution < -0.4 is 4.74 Å². The second-order valence-electron chi connectivity index (χ2n) is 5.90. The third-order valence-corrected chi connectivity index (χ3v) is 5.85. The third kappa shape index (κ3) is 3.13. The smallest absolute Gasteiger partial charge is 0.173 e. The molecule has 0 amide bonds. The van der Waals surface area contributed by atoms with Gasteiger partial charge in [0.1, 0.15) is 5.75 Å². The molecule has 0 spiro atoms. The molecular weight excluding hydrogens is 387 g/mol. The summed E-state index contributed by atoms with van der Waals surface area (Å²) in [4.78, 5) is 7.72. The molecule has 2 aromatic carbocycles. The highest BCUT2D eigenvalue weighted by Gasteiger charge is 2.32. The summed E-state index contributed by atoms with van der Waals surface area (Å²) < 4.78 is 5.26. The summed E-state index contributed by atoms with van der Waals surface area (Å²) >= 11 is 14.3. The topological polar surface area (TPSA) is 24.8 Å². The summed E-state index contributed by atoms with van der Waals surface area (Å²) in [5.74, 6) is 0.828. The predicted molar refractivity (Wildman–Crippen MR) is 109 cm³/mol. The molecule has 0 N–H and O–H groups in total. The van der Waals surface area contributed by atoms with Gasteiger partial charge in [0.15, 0.2) is 5.17 Å². The monoisotopic (exact) mass is 401 g/mol. The highest BCUT2D eigenvalue weighted by atomic mass is 35.5. The zero-order valence-corrected chi connectivity index (χ0v) is 16.5. The number of hydrogen-bond donors (Lipinski definition) is 0. The number of halogens is 2. The number of benzene rings is 2. The van der Waals surface area contributed by atoms with Crippen molar-refractivity contribution in [1.82, 2.24) is 4.90 Å². The van der Waals surface area contributed by atoms with E-state index in [1.807, 2.05) is 55.6 Å². The van der Waals surface area contributed by atoms with Crippen molar-refractivity contribution in [2.45, 2.75) is 13.0 Å². The van der Waals surface area contributed by atoms with Crippen LogP contribution in [0.15, 0.2) is 59.4 Å². The zero-order valence-electron chi connectivity index (χ0n) is 14.2. The van der Waals surface area contributed by atoms with E-state index in [0.29, 0.717) is 10.0 Å². The Morgan fingerprint density at radius 1 is 1.12 bits per heavy atom. The molecule has 3 nitrogen and oxygen atoms in total. The fourth-order valence-electron chi connectivity index (χ4n) is 2.95. The Hall–Kier alpha value is -1.88. The van der Waals surface area contributed by atoms with Crippen LogP contribution in [0.3, 0.4) is 0 Å². The molecule has 0 aromatic heterocycles. The van der Waals surface area contributed by atoms with Crippen molar-refractivity contribution in [3.05, 3.63) is 81.6 Å². The van der Waals surface area contributed by atoms with Crippen LogP contribution in [0.4, 0.5) is 0 Å². The van der Waals surface area contributed by atoms with Crippen molar-refractivity contribution in [2.24, 2.45) is 4.99 Å². The number of aliphatic imine (C=N–C) groups is 1. The van der Waals surface area contributed by atoms with E-state index in [0.717, 1.165) is 32.6 Å². The Morgan fingerprint density at radius 2 is 1.81 bits per heavy atom. The van der Waals surface area contributed by atoms with Gasteiger partial charge in [-0.1, -0.05) is 41.4 Å². The molecule has 1 unspecified atom stereocenters. The molecule has 0 bridgehead atoms. The number of nitrogens with zero attached hydrogens (tertiary/aromatic N) is 2. The van der Waals surface area contributed by atoms with Gasteiger partial charge in [-0.2, -0.15) is 0 Å². The Morgan fingerprint density at radius 3 is 2.46 bits per heavy atom. The summed E-state index contributed by atoms with van der Waals surface area (Å²) in [7, 11) is 1.66. The van der Waals surface area contributed by atoms with E-state index in [1.165, 1.54) is 0 Å². The van der Waals surface area contributed by atoms with Gasteiger partial charge in [-0.3, -0.25) is 0 Å². The van der Waals surface area contributed by atoms with E-state index in [9.17, 15) is 0 Å². The number of ether oxygens (including phenoxy) is 1. The lowest BCUT2D eigenvalue weighted by molar-refractivity contribution is 0.413. The second-order valence-corrected chi connectivity index (χ2v) is 7.72. The van der Waals surface area contributed by atoms with Crippen LogP contribution in [-0.2, 0) is 0 Å². The average molecular weight is 402 g/mol. The molecule has 2 heterocycles. The molecule has 2 aliphatic heterocycles. The van der Waals surface area contributed by atoms with Crippen molar-refractivity contribution < 1.29 is 4.74 Å². The SMILES string of the molecule is COc1ccc(C2[C]=C(C)N=C3SC(c4c(Cl)cccc4Cl)=CN32)cc1. The van der Waals surface area contributed by atoms with Gasteiger partial charge < -0.3 is 9.64 Å². The Labute approximate surface area is 167 Å². The lowest BCUT2D eigenvalue weighted by Crippen LogP contribution is -2.27. The maximum atomic E-state index is 6.39. The van der Waals surface area contributed by atoms with E-state index in [2.05, 4.69) is 16.0 Å². The maximum Gasteiger partial charge on any atom is 0.173 e. The molecule has 26 heavy (non-hydrogen) atoms. The number of methoxy groups -OCH3 is 1. The van der Waals surface area contributed by atoms with E-state index >= 15 is 0 Å². The minimum atomic E-state index is -0.0559. The lowest BCUT2D eigenvalue weighted by atomic mass is 10.0. The number of allylic oxidation sites excluding steroid dienone is 1. The van der Waals surface area contributed by atoms with Gasteiger partial charge >= 0.3 is 0 Å². The van der Waals surface area contributed by atoms with E-state index in [1.54, 1.807) is 18.9 Å². The first-order chi connectivity index (χ1) is 12.6. The molecule has 2 aliphatic rings. The van der Waals surface area contributed by atoms with Crippen molar-refractivity contribution in [3.63, 3.8) is 0 Å². The fourth-order valence-corrected chi connectivity index (χ4v) is 4.79. The van der Waals surface area contributed by atoms with Crippen LogP contribution in [0.5, 0.6) is 5.75 Å². The predicted octanol–water partition coefficient (Wildman–Crippen LogP) is 6.17. The maximum absolute atomic E-state index is 6.39. The molecular formula is C20H15Cl2N2OS. The first kappa shape index (κ1) is 17.5. The lowest BCUT2D eigenvalue weighted by Gasteiger charge is -2.28. The molecule has 0 aliphatic carbocycles. The fraction of sp³-hybridized carbons (Fsp3) is 0.150. The average Bonchev–Trinajstić information content (AvgIpc) is 3.04.